The molecule has 0 aromatic heterocycles. The Balaban J connectivity index is 3.49. The van der Waals surface area contributed by atoms with Crippen LogP contribution in [-0.4, -0.2) is 12.8 Å². The van der Waals surface area contributed by atoms with Crippen molar-refractivity contribution >= 4 is 24.7 Å². The summed E-state index contributed by atoms with van der Waals surface area (Å²) in [6, 6.07) is 3.24. The summed E-state index contributed by atoms with van der Waals surface area (Å²) in [5.41, 5.74) is 7.59. The number of benzene rings is 1. The van der Waals surface area contributed by atoms with Crippen LogP contribution in [0.3, 0.4) is 0 Å². The van der Waals surface area contributed by atoms with E-state index in [0.717, 1.165) is 11.0 Å². The molecule has 0 heterocycles. The van der Waals surface area contributed by atoms with E-state index in [-0.39, 0.29) is 16.0 Å². The highest BCUT2D eigenvalue weighted by Crippen LogP contribution is 2.31. The van der Waals surface area contributed by atoms with Crippen LogP contribution < -0.4 is 11.2 Å². The monoisotopic (exact) mass is 206 g/mol. The molecule has 0 aliphatic heterocycles. The van der Waals surface area contributed by atoms with Crippen molar-refractivity contribution in [3.63, 3.8) is 0 Å². The number of hydrogen-bond acceptors (Lipinski definition) is 3. The highest BCUT2D eigenvalue weighted by Gasteiger charge is 2.25. The van der Waals surface area contributed by atoms with Gasteiger partial charge in [-0.25, -0.2) is 0 Å². The maximum atomic E-state index is 10.9. The number of nitrogen functional groups attached to an aromatic ring is 1. The van der Waals surface area contributed by atoms with Crippen LogP contribution in [-0.2, 0) is 5.41 Å². The van der Waals surface area contributed by atoms with Gasteiger partial charge in [0.15, 0.2) is 0 Å². The van der Waals surface area contributed by atoms with Gasteiger partial charge in [-0.05, 0) is 5.41 Å². The van der Waals surface area contributed by atoms with Gasteiger partial charge in [0.2, 0.25) is 0 Å². The first-order valence-electron chi connectivity index (χ1n) is 4.78. The molecule has 1 rings (SSSR count). The molecule has 0 spiro atoms. The summed E-state index contributed by atoms with van der Waals surface area (Å²) >= 11 is 0. The van der Waals surface area contributed by atoms with Crippen molar-refractivity contribution in [1.82, 2.24) is 0 Å². The standard InChI is InChI=1S/C10H15BN2O2/c1-10(2,3)6-4-7(11)8(12)5-9(6)13(14)15/h4-5H,11-12H2,1-3H3. The third kappa shape index (κ3) is 2.29. The van der Waals surface area contributed by atoms with Crippen molar-refractivity contribution in [2.24, 2.45) is 0 Å². The predicted octanol–water partition coefficient (Wildman–Crippen LogP) is 0.733. The number of rotatable bonds is 1. The first-order valence-corrected chi connectivity index (χ1v) is 4.78. The molecule has 4 nitrogen and oxygen atoms in total. The minimum atomic E-state index is -0.379. The molecular formula is C10H15BN2O2. The number of anilines is 1. The number of nitrogens with two attached hydrogens (primary N) is 1. The second-order valence-corrected chi connectivity index (χ2v) is 4.73. The molecule has 15 heavy (non-hydrogen) atoms. The summed E-state index contributed by atoms with van der Waals surface area (Å²) in [7, 11) is 1.86. The van der Waals surface area contributed by atoms with Crippen LogP contribution in [0, 0.1) is 10.1 Å². The molecule has 0 aliphatic carbocycles. The van der Waals surface area contributed by atoms with Gasteiger partial charge in [0.25, 0.3) is 5.69 Å². The van der Waals surface area contributed by atoms with E-state index in [2.05, 4.69) is 0 Å². The predicted molar refractivity (Wildman–Crippen MR) is 64.4 cm³/mol. The molecule has 80 valence electrons. The zero-order chi connectivity index (χ0) is 11.8. The SMILES string of the molecule is Bc1cc(C(C)(C)C)c([N+](=O)[O-])cc1N. The Labute approximate surface area is 90.0 Å². The zero-order valence-corrected chi connectivity index (χ0v) is 9.50. The van der Waals surface area contributed by atoms with Crippen molar-refractivity contribution in [3.8, 4) is 0 Å². The summed E-state index contributed by atoms with van der Waals surface area (Å²) in [5, 5.41) is 10.9. The second-order valence-electron chi connectivity index (χ2n) is 4.73. The van der Waals surface area contributed by atoms with Crippen molar-refractivity contribution < 1.29 is 4.92 Å². The van der Waals surface area contributed by atoms with E-state index in [9.17, 15) is 10.1 Å². The van der Waals surface area contributed by atoms with E-state index in [1.54, 1.807) is 6.07 Å². The van der Waals surface area contributed by atoms with Crippen molar-refractivity contribution in [3.05, 3.63) is 27.8 Å². The van der Waals surface area contributed by atoms with Gasteiger partial charge in [-0.1, -0.05) is 32.3 Å². The van der Waals surface area contributed by atoms with Gasteiger partial charge < -0.3 is 5.73 Å². The number of hydrogen-bond donors (Lipinski definition) is 1. The maximum absolute atomic E-state index is 10.9. The highest BCUT2D eigenvalue weighted by atomic mass is 16.6. The first-order chi connectivity index (χ1) is 6.73. The van der Waals surface area contributed by atoms with Crippen LogP contribution in [0.4, 0.5) is 11.4 Å². The van der Waals surface area contributed by atoms with E-state index < -0.39 is 0 Å². The van der Waals surface area contributed by atoms with Gasteiger partial charge in [0.05, 0.1) is 4.92 Å². The van der Waals surface area contributed by atoms with Crippen molar-refractivity contribution in [1.29, 1.82) is 0 Å². The van der Waals surface area contributed by atoms with E-state index in [4.69, 9.17) is 5.73 Å². The fourth-order valence-electron chi connectivity index (χ4n) is 1.46. The lowest BCUT2D eigenvalue weighted by molar-refractivity contribution is -0.385. The molecule has 1 aromatic carbocycles. The van der Waals surface area contributed by atoms with Gasteiger partial charge in [0, 0.05) is 17.3 Å². The largest absolute Gasteiger partial charge is 0.399 e. The Morgan fingerprint density at radius 1 is 1.40 bits per heavy atom. The Morgan fingerprint density at radius 3 is 2.33 bits per heavy atom. The lowest BCUT2D eigenvalue weighted by atomic mass is 9.81. The lowest BCUT2D eigenvalue weighted by Crippen LogP contribution is -2.19. The Kier molecular flexibility index (Phi) is 2.75. The molecule has 0 bridgehead atoms. The quantitative estimate of drug-likeness (QED) is 0.318. The summed E-state index contributed by atoms with van der Waals surface area (Å²) in [4.78, 5) is 10.5. The van der Waals surface area contributed by atoms with E-state index in [1.165, 1.54) is 6.07 Å². The van der Waals surface area contributed by atoms with Crippen LogP contribution in [0.5, 0.6) is 0 Å². The highest BCUT2D eigenvalue weighted by molar-refractivity contribution is 6.35. The number of nitro groups is 1. The fourth-order valence-corrected chi connectivity index (χ4v) is 1.46. The first kappa shape index (κ1) is 11.6. The molecule has 0 fully saturated rings. The molecule has 0 saturated heterocycles. The molecule has 1 aromatic rings. The smallest absolute Gasteiger partial charge is 0.275 e. The third-order valence-electron chi connectivity index (χ3n) is 2.39. The molecule has 0 unspecified atom stereocenters. The van der Waals surface area contributed by atoms with Gasteiger partial charge in [-0.3, -0.25) is 10.1 Å². The van der Waals surface area contributed by atoms with Crippen LogP contribution in [0.15, 0.2) is 12.1 Å². The molecule has 5 heteroatoms. The summed E-state index contributed by atoms with van der Waals surface area (Å²) in [5.74, 6) is 0. The van der Waals surface area contributed by atoms with Crippen LogP contribution in [0.2, 0.25) is 0 Å². The normalized spacial score (nSPS) is 11.4. The minimum absolute atomic E-state index is 0.102. The zero-order valence-electron chi connectivity index (χ0n) is 9.50. The summed E-state index contributed by atoms with van der Waals surface area (Å²) < 4.78 is 0. The summed E-state index contributed by atoms with van der Waals surface area (Å²) in [6.45, 7) is 5.85. The number of nitrogens with zero attached hydrogens (tertiary/aromatic N) is 1. The molecule has 0 radical (unpaired) electrons. The maximum Gasteiger partial charge on any atom is 0.275 e. The van der Waals surface area contributed by atoms with Crippen LogP contribution >= 0.6 is 0 Å². The average Bonchev–Trinajstić information content (AvgIpc) is 2.06. The van der Waals surface area contributed by atoms with Crippen LogP contribution in [0.1, 0.15) is 26.3 Å². The van der Waals surface area contributed by atoms with E-state index >= 15 is 0 Å². The third-order valence-corrected chi connectivity index (χ3v) is 2.39. The molecule has 2 N–H and O–H groups in total. The van der Waals surface area contributed by atoms with Crippen molar-refractivity contribution in [2.75, 3.05) is 5.73 Å². The lowest BCUT2D eigenvalue weighted by Gasteiger charge is -2.20. The van der Waals surface area contributed by atoms with Gasteiger partial charge in [0.1, 0.15) is 7.85 Å². The average molecular weight is 206 g/mol. The van der Waals surface area contributed by atoms with E-state index in [1.807, 2.05) is 28.6 Å². The van der Waals surface area contributed by atoms with Gasteiger partial charge in [-0.15, -0.1) is 0 Å². The molecule has 0 amide bonds. The van der Waals surface area contributed by atoms with Gasteiger partial charge >= 0.3 is 0 Å². The number of nitro benzene ring substituents is 1. The second kappa shape index (κ2) is 3.57. The van der Waals surface area contributed by atoms with Crippen LogP contribution in [0.25, 0.3) is 0 Å². The molecular weight excluding hydrogens is 191 g/mol. The molecule has 0 atom stereocenters. The Morgan fingerprint density at radius 2 is 1.93 bits per heavy atom. The van der Waals surface area contributed by atoms with E-state index in [0.29, 0.717) is 5.69 Å². The van der Waals surface area contributed by atoms with Gasteiger partial charge in [-0.2, -0.15) is 0 Å². The topological polar surface area (TPSA) is 69.2 Å². The summed E-state index contributed by atoms with van der Waals surface area (Å²) in [6.07, 6.45) is 0. The fraction of sp³-hybridized carbons (Fsp3) is 0.400. The molecule has 0 aliphatic rings. The minimum Gasteiger partial charge on any atom is -0.399 e. The Hall–Kier alpha value is -1.52. The Bertz CT molecular complexity index is 411. The molecule has 0 saturated carbocycles. The van der Waals surface area contributed by atoms with Crippen molar-refractivity contribution in [2.45, 2.75) is 26.2 Å².